The molecule has 0 amide bonds. The number of rotatable bonds is 6. The lowest BCUT2D eigenvalue weighted by atomic mass is 10.1. The van der Waals surface area contributed by atoms with Crippen molar-refractivity contribution in [2.24, 2.45) is 5.92 Å². The molecule has 0 aromatic rings. The zero-order chi connectivity index (χ0) is 13.7. The minimum absolute atomic E-state index is 0.0654. The van der Waals surface area contributed by atoms with Gasteiger partial charge < -0.3 is 9.84 Å². The van der Waals surface area contributed by atoms with Crippen molar-refractivity contribution in [2.75, 3.05) is 6.61 Å². The van der Waals surface area contributed by atoms with E-state index >= 15 is 0 Å². The molecule has 0 bridgehead atoms. The molecule has 4 nitrogen and oxygen atoms in total. The molecule has 0 radical (unpaired) electrons. The minimum atomic E-state index is -0.873. The van der Waals surface area contributed by atoms with Gasteiger partial charge in [-0.3, -0.25) is 4.79 Å². The number of carboxylic acids is 1. The summed E-state index contributed by atoms with van der Waals surface area (Å²) in [6.45, 7) is 8.18. The number of hydrogen-bond donors (Lipinski definition) is 1. The summed E-state index contributed by atoms with van der Waals surface area (Å²) < 4.78 is 4.82. The highest BCUT2D eigenvalue weighted by molar-refractivity contribution is 5.79. The molecule has 0 saturated carbocycles. The third-order valence-electron chi connectivity index (χ3n) is 1.91. The fourth-order valence-electron chi connectivity index (χ4n) is 1.05. The van der Waals surface area contributed by atoms with Crippen molar-refractivity contribution in [3.63, 3.8) is 0 Å². The van der Waals surface area contributed by atoms with Crippen LogP contribution in [0.5, 0.6) is 0 Å². The molecule has 1 N–H and O–H groups in total. The maximum Gasteiger partial charge on any atom is 0.327 e. The molecule has 17 heavy (non-hydrogen) atoms. The molecule has 100 valence electrons. The monoisotopic (exact) mass is 244 g/mol. The zero-order valence-electron chi connectivity index (χ0n) is 11.2. The Morgan fingerprint density at radius 2 is 1.88 bits per heavy atom. The largest absolute Gasteiger partial charge is 0.478 e. The molecule has 0 aliphatic rings. The van der Waals surface area contributed by atoms with Crippen molar-refractivity contribution < 1.29 is 19.4 Å². The molecule has 0 aromatic carbocycles. The first-order valence-corrected chi connectivity index (χ1v) is 6.05. The Kier molecular flexibility index (Phi) is 13.5. The van der Waals surface area contributed by atoms with Gasteiger partial charge in [0.1, 0.15) is 0 Å². The summed E-state index contributed by atoms with van der Waals surface area (Å²) in [7, 11) is 0. The van der Waals surface area contributed by atoms with Crippen molar-refractivity contribution in [1.82, 2.24) is 0 Å². The predicted octanol–water partition coefficient (Wildman–Crippen LogP) is 3.02. The molecule has 1 unspecified atom stereocenters. The summed E-state index contributed by atoms with van der Waals surface area (Å²) in [5.74, 6) is -0.865. The Morgan fingerprint density at radius 1 is 1.29 bits per heavy atom. The quantitative estimate of drug-likeness (QED) is 0.576. The summed E-state index contributed by atoms with van der Waals surface area (Å²) in [5, 5.41) is 7.96. The van der Waals surface area contributed by atoms with E-state index in [4.69, 9.17) is 9.84 Å². The third kappa shape index (κ3) is 14.7. The topological polar surface area (TPSA) is 63.6 Å². The second kappa shape index (κ2) is 12.7. The number of hydrogen-bond acceptors (Lipinski definition) is 3. The Morgan fingerprint density at radius 3 is 2.18 bits per heavy atom. The molecule has 0 aliphatic heterocycles. The standard InChI is InChI=1S/C8H16O2.C5H8O2/c1-4-6-7(3)8(9)10-5-2;1-2-3-4-5(6)7/h7H,4-6H2,1-3H3;3-4H,2H2,1H3,(H,6,7). The van der Waals surface area contributed by atoms with Crippen LogP contribution in [-0.2, 0) is 14.3 Å². The first-order valence-electron chi connectivity index (χ1n) is 6.05. The van der Waals surface area contributed by atoms with Gasteiger partial charge in [0.15, 0.2) is 0 Å². The Hall–Kier alpha value is -1.32. The molecule has 0 fully saturated rings. The fraction of sp³-hybridized carbons (Fsp3) is 0.692. The van der Waals surface area contributed by atoms with Crippen LogP contribution in [0.2, 0.25) is 0 Å². The average molecular weight is 244 g/mol. The van der Waals surface area contributed by atoms with E-state index < -0.39 is 5.97 Å². The normalized spacial score (nSPS) is 11.5. The number of esters is 1. The van der Waals surface area contributed by atoms with Crippen molar-refractivity contribution in [3.8, 4) is 0 Å². The van der Waals surface area contributed by atoms with E-state index in [1.165, 1.54) is 0 Å². The summed E-state index contributed by atoms with van der Waals surface area (Å²) in [5.41, 5.74) is 0. The van der Waals surface area contributed by atoms with Crippen molar-refractivity contribution in [3.05, 3.63) is 12.2 Å². The van der Waals surface area contributed by atoms with Crippen LogP contribution < -0.4 is 0 Å². The lowest BCUT2D eigenvalue weighted by Crippen LogP contribution is -2.14. The second-order valence-corrected chi connectivity index (χ2v) is 3.59. The lowest BCUT2D eigenvalue weighted by molar-refractivity contribution is -0.147. The van der Waals surface area contributed by atoms with Gasteiger partial charge in [0.25, 0.3) is 0 Å². The minimum Gasteiger partial charge on any atom is -0.478 e. The van der Waals surface area contributed by atoms with Gasteiger partial charge in [-0.25, -0.2) is 4.79 Å². The summed E-state index contributed by atoms with van der Waals surface area (Å²) in [6, 6.07) is 0. The van der Waals surface area contributed by atoms with Crippen LogP contribution in [0.25, 0.3) is 0 Å². The van der Waals surface area contributed by atoms with E-state index in [9.17, 15) is 9.59 Å². The first kappa shape index (κ1) is 18.1. The van der Waals surface area contributed by atoms with Gasteiger partial charge in [0, 0.05) is 6.08 Å². The van der Waals surface area contributed by atoms with Crippen LogP contribution in [0.15, 0.2) is 12.2 Å². The van der Waals surface area contributed by atoms with Crippen molar-refractivity contribution in [1.29, 1.82) is 0 Å². The van der Waals surface area contributed by atoms with Crippen molar-refractivity contribution in [2.45, 2.75) is 47.0 Å². The van der Waals surface area contributed by atoms with Crippen LogP contribution in [0.4, 0.5) is 0 Å². The van der Waals surface area contributed by atoms with Gasteiger partial charge in [-0.05, 0) is 19.8 Å². The average Bonchev–Trinajstić information content (AvgIpc) is 2.27. The summed E-state index contributed by atoms with van der Waals surface area (Å²) >= 11 is 0. The number of aliphatic carboxylic acids is 1. The second-order valence-electron chi connectivity index (χ2n) is 3.59. The summed E-state index contributed by atoms with van der Waals surface area (Å²) in [6.07, 6.45) is 5.49. The SMILES string of the molecule is CCC=CC(=O)O.CCCC(C)C(=O)OCC. The van der Waals surface area contributed by atoms with Crippen molar-refractivity contribution >= 4 is 11.9 Å². The van der Waals surface area contributed by atoms with Crippen LogP contribution in [-0.4, -0.2) is 23.7 Å². The number of allylic oxidation sites excluding steroid dienone is 1. The van der Waals surface area contributed by atoms with E-state index in [1.54, 1.807) is 6.08 Å². The molecule has 0 aliphatic carbocycles. The smallest absolute Gasteiger partial charge is 0.327 e. The van der Waals surface area contributed by atoms with E-state index in [0.29, 0.717) is 6.61 Å². The Balaban J connectivity index is 0. The van der Waals surface area contributed by atoms with Crippen LogP contribution in [0.1, 0.15) is 47.0 Å². The highest BCUT2D eigenvalue weighted by Gasteiger charge is 2.11. The molecule has 0 spiro atoms. The Labute approximate surface area is 104 Å². The molecule has 1 atom stereocenters. The van der Waals surface area contributed by atoms with E-state index in [-0.39, 0.29) is 11.9 Å². The molecule has 0 rings (SSSR count). The highest BCUT2D eigenvalue weighted by Crippen LogP contribution is 2.06. The maximum atomic E-state index is 10.9. The van der Waals surface area contributed by atoms with Gasteiger partial charge in [-0.2, -0.15) is 0 Å². The molecule has 0 saturated heterocycles. The van der Waals surface area contributed by atoms with Crippen LogP contribution >= 0.6 is 0 Å². The van der Waals surface area contributed by atoms with Gasteiger partial charge in [0.2, 0.25) is 0 Å². The van der Waals surface area contributed by atoms with E-state index in [0.717, 1.165) is 25.3 Å². The Bertz CT molecular complexity index is 234. The maximum absolute atomic E-state index is 10.9. The van der Waals surface area contributed by atoms with Gasteiger partial charge in [-0.1, -0.05) is 33.3 Å². The molecular formula is C13H24O4. The van der Waals surface area contributed by atoms with Gasteiger partial charge in [0.05, 0.1) is 12.5 Å². The molecular weight excluding hydrogens is 220 g/mol. The molecule has 4 heteroatoms. The highest BCUT2D eigenvalue weighted by atomic mass is 16.5. The van der Waals surface area contributed by atoms with E-state index in [2.05, 4.69) is 6.92 Å². The van der Waals surface area contributed by atoms with Gasteiger partial charge in [-0.15, -0.1) is 0 Å². The number of carbonyl (C=O) groups is 2. The first-order chi connectivity index (χ1) is 7.99. The predicted molar refractivity (Wildman–Crippen MR) is 67.8 cm³/mol. The van der Waals surface area contributed by atoms with Crippen LogP contribution in [0.3, 0.4) is 0 Å². The third-order valence-corrected chi connectivity index (χ3v) is 1.91. The van der Waals surface area contributed by atoms with E-state index in [1.807, 2.05) is 20.8 Å². The number of ether oxygens (including phenoxy) is 1. The van der Waals surface area contributed by atoms with Gasteiger partial charge >= 0.3 is 11.9 Å². The summed E-state index contributed by atoms with van der Waals surface area (Å²) in [4.78, 5) is 20.6. The zero-order valence-corrected chi connectivity index (χ0v) is 11.2. The van der Waals surface area contributed by atoms with Crippen LogP contribution in [0, 0.1) is 5.92 Å². The number of carbonyl (C=O) groups excluding carboxylic acids is 1. The fourth-order valence-corrected chi connectivity index (χ4v) is 1.05. The molecule has 0 heterocycles. The number of carboxylic acid groups (broad SMARTS) is 1. The molecule has 0 aromatic heterocycles. The lowest BCUT2D eigenvalue weighted by Gasteiger charge is -2.07.